The molecule has 34 heavy (non-hydrogen) atoms. The lowest BCUT2D eigenvalue weighted by Gasteiger charge is -2.15. The third-order valence-electron chi connectivity index (χ3n) is 6.90. The first kappa shape index (κ1) is 21.1. The van der Waals surface area contributed by atoms with E-state index in [1.165, 1.54) is 30.5 Å². The lowest BCUT2D eigenvalue weighted by molar-refractivity contribution is 0.0986. The van der Waals surface area contributed by atoms with Gasteiger partial charge in [0.2, 0.25) is 0 Å². The maximum Gasteiger partial charge on any atom is 0.265 e. The molecule has 2 aliphatic rings. The zero-order valence-corrected chi connectivity index (χ0v) is 19.3. The fraction of sp³-hybridized carbons (Fsp3) is 0.222. The van der Waals surface area contributed by atoms with Gasteiger partial charge in [-0.1, -0.05) is 12.8 Å². The molecule has 1 amide bonds. The number of furan rings is 1. The Balaban J connectivity index is 1.41. The average Bonchev–Trinajstić information content (AvgIpc) is 3.59. The Labute approximate surface area is 201 Å². The Morgan fingerprint density at radius 1 is 1.03 bits per heavy atom. The van der Waals surface area contributed by atoms with Gasteiger partial charge in [0.05, 0.1) is 5.56 Å². The molecular weight excluding hydrogens is 451 g/mol. The highest BCUT2D eigenvalue weighted by Crippen LogP contribution is 2.56. The molecule has 2 N–H and O–H groups in total. The quantitative estimate of drug-likeness (QED) is 0.283. The monoisotopic (exact) mass is 474 g/mol. The SMILES string of the molecule is O=C(NS)c1c(-c2ccc(Oc3ccc(F)cc3)cc2)oc2cc3c(cc12)C1(CCCN3)CC1. The van der Waals surface area contributed by atoms with Crippen LogP contribution in [0.2, 0.25) is 0 Å². The van der Waals surface area contributed by atoms with Crippen molar-refractivity contribution in [1.82, 2.24) is 4.72 Å². The van der Waals surface area contributed by atoms with Gasteiger partial charge in [-0.3, -0.25) is 9.52 Å². The van der Waals surface area contributed by atoms with E-state index in [-0.39, 0.29) is 17.1 Å². The minimum absolute atomic E-state index is 0.221. The zero-order valence-electron chi connectivity index (χ0n) is 18.4. The maximum atomic E-state index is 13.1. The Hall–Kier alpha value is -3.45. The van der Waals surface area contributed by atoms with Crippen molar-refractivity contribution < 1.29 is 18.3 Å². The number of fused-ring (bicyclic) bond motifs is 3. The normalized spacial score (nSPS) is 15.9. The van der Waals surface area contributed by atoms with Crippen LogP contribution in [0.25, 0.3) is 22.3 Å². The molecule has 7 heteroatoms. The fourth-order valence-electron chi connectivity index (χ4n) is 4.98. The van der Waals surface area contributed by atoms with Gasteiger partial charge in [0.25, 0.3) is 5.91 Å². The molecule has 1 fully saturated rings. The highest BCUT2D eigenvalue weighted by Gasteiger charge is 2.46. The molecule has 6 rings (SSSR count). The molecule has 172 valence electrons. The van der Waals surface area contributed by atoms with E-state index in [0.717, 1.165) is 36.0 Å². The average molecular weight is 475 g/mol. The van der Waals surface area contributed by atoms with E-state index in [2.05, 4.69) is 28.9 Å². The van der Waals surface area contributed by atoms with Crippen molar-refractivity contribution in [3.63, 3.8) is 0 Å². The molecule has 0 radical (unpaired) electrons. The van der Waals surface area contributed by atoms with Gasteiger partial charge in [0.15, 0.2) is 0 Å². The van der Waals surface area contributed by atoms with Gasteiger partial charge in [-0.2, -0.15) is 0 Å². The predicted molar refractivity (Wildman–Crippen MR) is 133 cm³/mol. The topological polar surface area (TPSA) is 63.5 Å². The van der Waals surface area contributed by atoms with E-state index in [9.17, 15) is 9.18 Å². The van der Waals surface area contributed by atoms with Crippen LogP contribution in [0.1, 0.15) is 41.6 Å². The number of hydrogen-bond acceptors (Lipinski definition) is 5. The standard InChI is InChI=1S/C27H23FN2O3S/c28-17-4-8-19(9-5-17)32-18-6-2-16(3-7-18)25-24(26(31)30-34)20-14-21-22(15-23(20)33-25)29-13-1-10-27(21)11-12-27/h2-9,14-15,29,34H,1,10-13H2,(H,30,31). The second kappa shape index (κ2) is 8.09. The highest BCUT2D eigenvalue weighted by atomic mass is 32.1. The molecule has 3 aromatic carbocycles. The summed E-state index contributed by atoms with van der Waals surface area (Å²) in [7, 11) is 0. The molecule has 0 unspecified atom stereocenters. The first-order valence-electron chi connectivity index (χ1n) is 11.4. The second-order valence-corrected chi connectivity index (χ2v) is 9.26. The molecule has 0 bridgehead atoms. The summed E-state index contributed by atoms with van der Waals surface area (Å²) >= 11 is 4.03. The number of carbonyl (C=O) groups is 1. The molecule has 0 atom stereocenters. The molecule has 1 aliphatic heterocycles. The van der Waals surface area contributed by atoms with Crippen molar-refractivity contribution in [3.05, 3.63) is 77.6 Å². The molecule has 5 nitrogen and oxygen atoms in total. The van der Waals surface area contributed by atoms with Crippen molar-refractivity contribution in [2.45, 2.75) is 31.1 Å². The Kier molecular flexibility index (Phi) is 5.03. The van der Waals surface area contributed by atoms with E-state index >= 15 is 0 Å². The summed E-state index contributed by atoms with van der Waals surface area (Å²) in [6.45, 7) is 0.938. The Morgan fingerprint density at radius 2 is 1.74 bits per heavy atom. The van der Waals surface area contributed by atoms with Crippen molar-refractivity contribution in [2.75, 3.05) is 11.9 Å². The number of nitrogens with one attached hydrogen (secondary N) is 2. The molecule has 4 aromatic rings. The van der Waals surface area contributed by atoms with Crippen LogP contribution in [0.15, 0.2) is 65.1 Å². The van der Waals surface area contributed by atoms with Crippen LogP contribution in [0.5, 0.6) is 11.5 Å². The van der Waals surface area contributed by atoms with Crippen LogP contribution >= 0.6 is 12.8 Å². The van der Waals surface area contributed by atoms with Crippen LogP contribution in [0, 0.1) is 5.82 Å². The largest absolute Gasteiger partial charge is 0.457 e. The molecular formula is C27H23FN2O3S. The maximum absolute atomic E-state index is 13.1. The van der Waals surface area contributed by atoms with E-state index in [0.29, 0.717) is 28.4 Å². The van der Waals surface area contributed by atoms with Gasteiger partial charge in [-0.05, 0) is 91.3 Å². The Bertz CT molecular complexity index is 1390. The fourth-order valence-corrected chi connectivity index (χ4v) is 5.09. The number of ether oxygens (including phenoxy) is 1. The molecule has 2 heterocycles. The van der Waals surface area contributed by atoms with Crippen molar-refractivity contribution in [1.29, 1.82) is 0 Å². The lowest BCUT2D eigenvalue weighted by atomic mass is 9.89. The van der Waals surface area contributed by atoms with Crippen molar-refractivity contribution in [3.8, 4) is 22.8 Å². The minimum atomic E-state index is -0.317. The summed E-state index contributed by atoms with van der Waals surface area (Å²) in [5.41, 5.74) is 4.49. The summed E-state index contributed by atoms with van der Waals surface area (Å²) < 4.78 is 27.7. The number of thiol groups is 1. The van der Waals surface area contributed by atoms with Gasteiger partial charge in [-0.15, -0.1) is 0 Å². The summed E-state index contributed by atoms with van der Waals surface area (Å²) in [4.78, 5) is 12.9. The second-order valence-electron chi connectivity index (χ2n) is 9.03. The van der Waals surface area contributed by atoms with Gasteiger partial charge in [-0.25, -0.2) is 4.39 Å². The van der Waals surface area contributed by atoms with E-state index in [1.807, 2.05) is 18.2 Å². The third-order valence-corrected chi connectivity index (χ3v) is 7.10. The lowest BCUT2D eigenvalue weighted by Crippen LogP contribution is -2.13. The van der Waals surface area contributed by atoms with Crippen LogP contribution in [0.3, 0.4) is 0 Å². The first-order valence-corrected chi connectivity index (χ1v) is 11.8. The summed E-state index contributed by atoms with van der Waals surface area (Å²) in [6, 6.07) is 17.3. The van der Waals surface area contributed by atoms with Gasteiger partial charge >= 0.3 is 0 Å². The van der Waals surface area contributed by atoms with E-state index in [4.69, 9.17) is 9.15 Å². The van der Waals surface area contributed by atoms with Gasteiger partial charge in [0, 0.05) is 29.2 Å². The minimum Gasteiger partial charge on any atom is -0.457 e. The summed E-state index contributed by atoms with van der Waals surface area (Å²) in [5.74, 6) is 0.993. The number of rotatable bonds is 4. The van der Waals surface area contributed by atoms with Gasteiger partial charge in [0.1, 0.15) is 28.7 Å². The van der Waals surface area contributed by atoms with Crippen LogP contribution in [0.4, 0.5) is 10.1 Å². The third kappa shape index (κ3) is 3.60. The number of benzene rings is 3. The van der Waals surface area contributed by atoms with Crippen LogP contribution in [-0.4, -0.2) is 12.5 Å². The summed E-state index contributed by atoms with van der Waals surface area (Å²) in [6.07, 6.45) is 4.66. The summed E-state index contributed by atoms with van der Waals surface area (Å²) in [5, 5.41) is 4.34. The van der Waals surface area contributed by atoms with Crippen LogP contribution < -0.4 is 14.8 Å². The van der Waals surface area contributed by atoms with Gasteiger partial charge < -0.3 is 14.5 Å². The number of amides is 1. The number of hydrogen-bond donors (Lipinski definition) is 3. The highest BCUT2D eigenvalue weighted by molar-refractivity contribution is 7.78. The van der Waals surface area contributed by atoms with Crippen molar-refractivity contribution in [2.24, 2.45) is 0 Å². The smallest absolute Gasteiger partial charge is 0.265 e. The van der Waals surface area contributed by atoms with Crippen LogP contribution in [-0.2, 0) is 5.41 Å². The Morgan fingerprint density at radius 3 is 2.41 bits per heavy atom. The number of halogens is 1. The first-order chi connectivity index (χ1) is 16.6. The van der Waals surface area contributed by atoms with E-state index < -0.39 is 0 Å². The molecule has 1 aromatic heterocycles. The molecule has 1 spiro atoms. The van der Waals surface area contributed by atoms with E-state index in [1.54, 1.807) is 24.3 Å². The van der Waals surface area contributed by atoms with Crippen molar-refractivity contribution >= 4 is 35.4 Å². The molecule has 0 saturated heterocycles. The number of anilines is 1. The zero-order chi connectivity index (χ0) is 23.3. The predicted octanol–water partition coefficient (Wildman–Crippen LogP) is 6.84. The molecule has 1 saturated carbocycles. The number of carbonyl (C=O) groups excluding carboxylic acids is 1. The molecule has 1 aliphatic carbocycles.